The SMILES string of the molecule is Cc1nc2cc(-c3cccc(F)c3)nn2c(C)c1CCC(=O)Nc1ccc(CN2CCCC2)cc1. The van der Waals surface area contributed by atoms with E-state index in [2.05, 4.69) is 32.4 Å². The standard InChI is InChI=1S/C28H30FN5O/c1-19-25(20(2)34-27(30-19)17-26(32-34)22-6-5-7-23(29)16-22)12-13-28(35)31-24-10-8-21(9-11-24)18-33-14-3-4-15-33/h5-11,16-17H,3-4,12-15,18H2,1-2H3,(H,31,35). The van der Waals surface area contributed by atoms with Crippen LogP contribution in [0, 0.1) is 19.7 Å². The number of amides is 1. The molecule has 1 amide bonds. The molecule has 0 atom stereocenters. The van der Waals surface area contributed by atoms with Crippen molar-refractivity contribution in [2.75, 3.05) is 18.4 Å². The lowest BCUT2D eigenvalue weighted by Gasteiger charge is -2.15. The lowest BCUT2D eigenvalue weighted by Crippen LogP contribution is -2.18. The van der Waals surface area contributed by atoms with Gasteiger partial charge >= 0.3 is 0 Å². The van der Waals surface area contributed by atoms with Crippen LogP contribution < -0.4 is 5.32 Å². The van der Waals surface area contributed by atoms with Gasteiger partial charge in [0.15, 0.2) is 5.65 Å². The van der Waals surface area contributed by atoms with Gasteiger partial charge in [-0.05, 0) is 81.6 Å². The van der Waals surface area contributed by atoms with Gasteiger partial charge in [0.25, 0.3) is 0 Å². The van der Waals surface area contributed by atoms with Crippen molar-refractivity contribution >= 4 is 17.2 Å². The van der Waals surface area contributed by atoms with Gasteiger partial charge in [-0.1, -0.05) is 24.3 Å². The van der Waals surface area contributed by atoms with Gasteiger partial charge in [0.05, 0.1) is 5.69 Å². The number of carbonyl (C=O) groups is 1. The van der Waals surface area contributed by atoms with E-state index >= 15 is 0 Å². The number of halogens is 1. The van der Waals surface area contributed by atoms with E-state index in [1.54, 1.807) is 10.6 Å². The molecular formula is C28H30FN5O. The zero-order valence-electron chi connectivity index (χ0n) is 20.2. The van der Waals surface area contributed by atoms with Crippen LogP contribution in [-0.4, -0.2) is 38.5 Å². The number of anilines is 1. The largest absolute Gasteiger partial charge is 0.326 e. The fourth-order valence-corrected chi connectivity index (χ4v) is 4.83. The zero-order valence-corrected chi connectivity index (χ0v) is 20.2. The molecule has 2 aromatic carbocycles. The van der Waals surface area contributed by atoms with Crippen molar-refractivity contribution in [1.29, 1.82) is 0 Å². The minimum atomic E-state index is -0.298. The Morgan fingerprint density at radius 1 is 1.06 bits per heavy atom. The molecule has 0 bridgehead atoms. The molecule has 2 aromatic heterocycles. The van der Waals surface area contributed by atoms with Crippen LogP contribution >= 0.6 is 0 Å². The second kappa shape index (κ2) is 9.96. The molecule has 1 aliphatic rings. The molecule has 1 N–H and O–H groups in total. The lowest BCUT2D eigenvalue weighted by molar-refractivity contribution is -0.116. The minimum absolute atomic E-state index is 0.0305. The molecule has 0 spiro atoms. The van der Waals surface area contributed by atoms with Gasteiger partial charge in [0.2, 0.25) is 5.91 Å². The highest BCUT2D eigenvalue weighted by Gasteiger charge is 2.15. The summed E-state index contributed by atoms with van der Waals surface area (Å²) in [5.74, 6) is -0.328. The number of aryl methyl sites for hydroxylation is 2. The molecule has 1 aliphatic heterocycles. The molecule has 3 heterocycles. The Labute approximate surface area is 204 Å². The van der Waals surface area contributed by atoms with Crippen LogP contribution in [0.1, 0.15) is 41.8 Å². The molecule has 4 aromatic rings. The molecule has 0 radical (unpaired) electrons. The van der Waals surface area contributed by atoms with Crippen LogP contribution in [0.4, 0.5) is 10.1 Å². The Morgan fingerprint density at radius 3 is 2.57 bits per heavy atom. The summed E-state index contributed by atoms with van der Waals surface area (Å²) in [5.41, 5.74) is 6.99. The van der Waals surface area contributed by atoms with Crippen LogP contribution in [0.15, 0.2) is 54.6 Å². The summed E-state index contributed by atoms with van der Waals surface area (Å²) >= 11 is 0. The first-order chi connectivity index (χ1) is 17.0. The molecule has 0 unspecified atom stereocenters. The Balaban J connectivity index is 1.24. The summed E-state index contributed by atoms with van der Waals surface area (Å²) in [5, 5.41) is 7.66. The minimum Gasteiger partial charge on any atom is -0.326 e. The first kappa shape index (κ1) is 23.2. The molecule has 0 saturated carbocycles. The van der Waals surface area contributed by atoms with Crippen LogP contribution in [0.2, 0.25) is 0 Å². The number of fused-ring (bicyclic) bond motifs is 1. The Kier molecular flexibility index (Phi) is 6.59. The summed E-state index contributed by atoms with van der Waals surface area (Å²) in [4.78, 5) is 19.8. The van der Waals surface area contributed by atoms with Crippen molar-refractivity contribution < 1.29 is 9.18 Å². The van der Waals surface area contributed by atoms with E-state index < -0.39 is 0 Å². The molecule has 1 saturated heterocycles. The Bertz CT molecular complexity index is 1360. The van der Waals surface area contributed by atoms with Crippen molar-refractivity contribution in [3.8, 4) is 11.3 Å². The highest BCUT2D eigenvalue weighted by Crippen LogP contribution is 2.23. The number of nitrogens with one attached hydrogen (secondary N) is 1. The molecule has 0 aliphatic carbocycles. The third kappa shape index (κ3) is 5.25. The van der Waals surface area contributed by atoms with E-state index in [0.29, 0.717) is 29.7 Å². The van der Waals surface area contributed by atoms with E-state index in [4.69, 9.17) is 0 Å². The second-order valence-electron chi connectivity index (χ2n) is 9.30. The van der Waals surface area contributed by atoms with Gasteiger partial charge in [0, 0.05) is 41.7 Å². The van der Waals surface area contributed by atoms with Gasteiger partial charge < -0.3 is 5.32 Å². The van der Waals surface area contributed by atoms with Crippen molar-refractivity contribution in [1.82, 2.24) is 19.5 Å². The zero-order chi connectivity index (χ0) is 24.4. The van der Waals surface area contributed by atoms with E-state index in [1.807, 2.05) is 38.1 Å². The smallest absolute Gasteiger partial charge is 0.224 e. The average Bonchev–Trinajstić information content (AvgIpc) is 3.50. The quantitative estimate of drug-likeness (QED) is 0.396. The first-order valence-electron chi connectivity index (χ1n) is 12.2. The summed E-state index contributed by atoms with van der Waals surface area (Å²) in [6.45, 7) is 7.24. The average molecular weight is 472 g/mol. The highest BCUT2D eigenvalue weighted by molar-refractivity contribution is 5.90. The normalized spacial score (nSPS) is 14.0. The predicted octanol–water partition coefficient (Wildman–Crippen LogP) is 5.32. The summed E-state index contributed by atoms with van der Waals surface area (Å²) < 4.78 is 15.4. The van der Waals surface area contributed by atoms with Crippen molar-refractivity contribution in [2.45, 2.75) is 46.1 Å². The van der Waals surface area contributed by atoms with Gasteiger partial charge in [-0.15, -0.1) is 0 Å². The van der Waals surface area contributed by atoms with E-state index in [0.717, 1.165) is 29.2 Å². The maximum Gasteiger partial charge on any atom is 0.224 e. The lowest BCUT2D eigenvalue weighted by atomic mass is 10.1. The number of aromatic nitrogens is 3. The third-order valence-corrected chi connectivity index (χ3v) is 6.73. The second-order valence-corrected chi connectivity index (χ2v) is 9.30. The number of benzene rings is 2. The summed E-state index contributed by atoms with van der Waals surface area (Å²) in [7, 11) is 0. The number of hydrogen-bond donors (Lipinski definition) is 1. The van der Waals surface area contributed by atoms with E-state index in [1.165, 1.54) is 43.6 Å². The Morgan fingerprint density at radius 2 is 1.83 bits per heavy atom. The van der Waals surface area contributed by atoms with Crippen molar-refractivity contribution in [3.05, 3.63) is 82.9 Å². The van der Waals surface area contributed by atoms with Crippen LogP contribution in [0.5, 0.6) is 0 Å². The molecule has 180 valence electrons. The number of rotatable bonds is 7. The summed E-state index contributed by atoms with van der Waals surface area (Å²) in [6, 6.07) is 16.4. The van der Waals surface area contributed by atoms with Crippen LogP contribution in [0.3, 0.4) is 0 Å². The summed E-state index contributed by atoms with van der Waals surface area (Å²) in [6.07, 6.45) is 3.48. The monoisotopic (exact) mass is 471 g/mol. The van der Waals surface area contributed by atoms with Crippen LogP contribution in [-0.2, 0) is 17.8 Å². The predicted molar refractivity (Wildman–Crippen MR) is 136 cm³/mol. The van der Waals surface area contributed by atoms with Gasteiger partial charge in [-0.2, -0.15) is 5.10 Å². The van der Waals surface area contributed by atoms with Crippen LogP contribution in [0.25, 0.3) is 16.9 Å². The first-order valence-corrected chi connectivity index (χ1v) is 12.2. The molecule has 5 rings (SSSR count). The molecule has 35 heavy (non-hydrogen) atoms. The van der Waals surface area contributed by atoms with Gasteiger partial charge in [0.1, 0.15) is 5.82 Å². The molecule has 6 nitrogen and oxygen atoms in total. The number of hydrogen-bond acceptors (Lipinski definition) is 4. The highest BCUT2D eigenvalue weighted by atomic mass is 19.1. The van der Waals surface area contributed by atoms with Gasteiger partial charge in [-0.3, -0.25) is 9.69 Å². The molecule has 7 heteroatoms. The molecular weight excluding hydrogens is 441 g/mol. The van der Waals surface area contributed by atoms with Crippen molar-refractivity contribution in [3.63, 3.8) is 0 Å². The topological polar surface area (TPSA) is 62.5 Å². The number of likely N-dealkylation sites (tertiary alicyclic amines) is 1. The third-order valence-electron chi connectivity index (χ3n) is 6.73. The fraction of sp³-hybridized carbons (Fsp3) is 0.321. The maximum atomic E-state index is 13.7. The maximum absolute atomic E-state index is 13.7. The number of nitrogens with zero attached hydrogens (tertiary/aromatic N) is 4. The fourth-order valence-electron chi connectivity index (χ4n) is 4.83. The van der Waals surface area contributed by atoms with Crippen molar-refractivity contribution in [2.24, 2.45) is 0 Å². The number of carbonyl (C=O) groups excluding carboxylic acids is 1. The van der Waals surface area contributed by atoms with E-state index in [-0.39, 0.29) is 11.7 Å². The Hall–Kier alpha value is -3.58. The van der Waals surface area contributed by atoms with E-state index in [9.17, 15) is 9.18 Å². The molecule has 1 fully saturated rings. The van der Waals surface area contributed by atoms with Gasteiger partial charge in [-0.25, -0.2) is 13.9 Å².